The summed E-state index contributed by atoms with van der Waals surface area (Å²) in [6.07, 6.45) is 1.47. The van der Waals surface area contributed by atoms with Gasteiger partial charge in [-0.1, -0.05) is 23.7 Å². The number of pyridine rings is 1. The molecule has 7 nitrogen and oxygen atoms in total. The molecule has 2 aromatic carbocycles. The van der Waals surface area contributed by atoms with E-state index in [0.29, 0.717) is 27.9 Å². The van der Waals surface area contributed by atoms with Crippen LogP contribution in [-0.2, 0) is 4.79 Å². The van der Waals surface area contributed by atoms with E-state index in [9.17, 15) is 14.7 Å². The van der Waals surface area contributed by atoms with Crippen molar-refractivity contribution >= 4 is 29.2 Å². The molecule has 1 atom stereocenters. The third kappa shape index (κ3) is 3.47. The van der Waals surface area contributed by atoms with Crippen molar-refractivity contribution < 1.29 is 19.4 Å². The maximum Gasteiger partial charge on any atom is 0.329 e. The van der Waals surface area contributed by atoms with Gasteiger partial charge in [0.2, 0.25) is 5.88 Å². The number of imide groups is 1. The molecule has 4 rings (SSSR count). The predicted octanol–water partition coefficient (Wildman–Crippen LogP) is 4.03. The van der Waals surface area contributed by atoms with Gasteiger partial charge in [-0.25, -0.2) is 14.7 Å². The third-order valence-electron chi connectivity index (χ3n) is 4.16. The second-order valence-corrected chi connectivity index (χ2v) is 6.50. The van der Waals surface area contributed by atoms with E-state index in [-0.39, 0.29) is 5.75 Å². The molecule has 1 aliphatic heterocycles. The summed E-state index contributed by atoms with van der Waals surface area (Å²) < 4.78 is 5.61. The van der Waals surface area contributed by atoms with Crippen LogP contribution in [0.5, 0.6) is 17.4 Å². The maximum absolute atomic E-state index is 12.7. The topological polar surface area (TPSA) is 91.8 Å². The molecular formula is C20H14ClN3O4. The number of phenolic OH excluding ortho intramolecular Hbond substituents is 1. The van der Waals surface area contributed by atoms with Gasteiger partial charge in [-0.2, -0.15) is 0 Å². The van der Waals surface area contributed by atoms with Crippen LogP contribution in [-0.4, -0.2) is 22.0 Å². The average Bonchev–Trinajstić information content (AvgIpc) is 2.99. The van der Waals surface area contributed by atoms with Gasteiger partial charge in [-0.3, -0.25) is 4.79 Å². The molecule has 3 aromatic rings. The number of aromatic hydroxyl groups is 1. The number of hydrogen-bond acceptors (Lipinski definition) is 5. The number of aromatic nitrogens is 1. The molecule has 1 aliphatic rings. The zero-order valence-electron chi connectivity index (χ0n) is 14.4. The second kappa shape index (κ2) is 7.21. The molecule has 140 valence electrons. The summed E-state index contributed by atoms with van der Waals surface area (Å²) >= 11 is 5.79. The fourth-order valence-electron chi connectivity index (χ4n) is 2.86. The minimum absolute atomic E-state index is 0.0234. The van der Waals surface area contributed by atoms with Crippen LogP contribution in [0.25, 0.3) is 0 Å². The Morgan fingerprint density at radius 1 is 1.07 bits per heavy atom. The van der Waals surface area contributed by atoms with Crippen LogP contribution in [0.4, 0.5) is 10.5 Å². The van der Waals surface area contributed by atoms with Gasteiger partial charge in [-0.15, -0.1) is 0 Å². The van der Waals surface area contributed by atoms with E-state index in [0.717, 1.165) is 4.90 Å². The summed E-state index contributed by atoms with van der Waals surface area (Å²) in [7, 11) is 0. The Kier molecular flexibility index (Phi) is 4.58. The summed E-state index contributed by atoms with van der Waals surface area (Å²) in [6.45, 7) is 0. The lowest BCUT2D eigenvalue weighted by atomic mass is 10.1. The number of halogens is 1. The number of urea groups is 1. The highest BCUT2D eigenvalue weighted by Crippen LogP contribution is 2.30. The van der Waals surface area contributed by atoms with Gasteiger partial charge in [0.05, 0.1) is 10.7 Å². The molecule has 8 heteroatoms. The van der Waals surface area contributed by atoms with Crippen molar-refractivity contribution in [3.8, 4) is 17.4 Å². The number of nitrogens with zero attached hydrogens (tertiary/aromatic N) is 2. The Hall–Kier alpha value is -3.58. The summed E-state index contributed by atoms with van der Waals surface area (Å²) in [6, 6.07) is 14.6. The fraction of sp³-hybridized carbons (Fsp3) is 0.0500. The molecule has 2 N–H and O–H groups in total. The van der Waals surface area contributed by atoms with Crippen molar-refractivity contribution in [3.05, 3.63) is 77.4 Å². The standard InChI is InChI=1S/C20H14ClN3O4/c21-13-4-9-17(22-11-13)28-16-7-5-14(6-8-16)24-19(26)18(23-20(24)27)12-2-1-3-15(25)10-12/h1-11,18,25H,(H,23,27). The van der Waals surface area contributed by atoms with Gasteiger partial charge in [0.1, 0.15) is 17.5 Å². The van der Waals surface area contributed by atoms with Crippen molar-refractivity contribution in [2.45, 2.75) is 6.04 Å². The summed E-state index contributed by atoms with van der Waals surface area (Å²) in [5.41, 5.74) is 0.913. The molecule has 0 spiro atoms. The highest BCUT2D eigenvalue weighted by molar-refractivity contribution is 6.30. The first-order chi connectivity index (χ1) is 13.5. The Balaban J connectivity index is 1.53. The van der Waals surface area contributed by atoms with Crippen LogP contribution in [0.15, 0.2) is 66.9 Å². The van der Waals surface area contributed by atoms with Crippen LogP contribution in [0.1, 0.15) is 11.6 Å². The van der Waals surface area contributed by atoms with E-state index in [1.165, 1.54) is 18.3 Å². The smallest absolute Gasteiger partial charge is 0.329 e. The second-order valence-electron chi connectivity index (χ2n) is 6.06. The summed E-state index contributed by atoms with van der Waals surface area (Å²) in [5, 5.41) is 12.7. The van der Waals surface area contributed by atoms with E-state index in [1.807, 2.05) is 0 Å². The molecule has 1 saturated heterocycles. The number of carbonyl (C=O) groups excluding carboxylic acids is 2. The molecular weight excluding hydrogens is 382 g/mol. The minimum Gasteiger partial charge on any atom is -0.508 e. The lowest BCUT2D eigenvalue weighted by Crippen LogP contribution is -2.30. The lowest BCUT2D eigenvalue weighted by Gasteiger charge is -2.14. The molecule has 28 heavy (non-hydrogen) atoms. The normalized spacial score (nSPS) is 16.2. The molecule has 1 aromatic heterocycles. The van der Waals surface area contributed by atoms with Gasteiger partial charge in [0, 0.05) is 12.3 Å². The summed E-state index contributed by atoms with van der Waals surface area (Å²) in [4.78, 5) is 30.2. The average molecular weight is 396 g/mol. The van der Waals surface area contributed by atoms with Crippen LogP contribution < -0.4 is 15.0 Å². The molecule has 0 radical (unpaired) electrons. The van der Waals surface area contributed by atoms with Gasteiger partial charge < -0.3 is 15.2 Å². The van der Waals surface area contributed by atoms with Crippen molar-refractivity contribution in [3.63, 3.8) is 0 Å². The van der Waals surface area contributed by atoms with E-state index in [1.54, 1.807) is 48.5 Å². The van der Waals surface area contributed by atoms with Gasteiger partial charge in [-0.05, 0) is 48.0 Å². The monoisotopic (exact) mass is 395 g/mol. The van der Waals surface area contributed by atoms with Gasteiger partial charge >= 0.3 is 6.03 Å². The van der Waals surface area contributed by atoms with E-state index >= 15 is 0 Å². The van der Waals surface area contributed by atoms with Crippen LogP contribution in [0.3, 0.4) is 0 Å². The van der Waals surface area contributed by atoms with Crippen LogP contribution >= 0.6 is 11.6 Å². The molecule has 1 fully saturated rings. The SMILES string of the molecule is O=C1NC(c2cccc(O)c2)C(=O)N1c1ccc(Oc2ccc(Cl)cn2)cc1. The van der Waals surface area contributed by atoms with E-state index in [2.05, 4.69) is 10.3 Å². The molecule has 1 unspecified atom stereocenters. The first-order valence-electron chi connectivity index (χ1n) is 8.34. The Morgan fingerprint density at radius 2 is 1.86 bits per heavy atom. The van der Waals surface area contributed by atoms with Crippen molar-refractivity contribution in [1.82, 2.24) is 10.3 Å². The zero-order valence-corrected chi connectivity index (χ0v) is 15.1. The molecule has 0 aliphatic carbocycles. The number of rotatable bonds is 4. The van der Waals surface area contributed by atoms with E-state index < -0.39 is 18.0 Å². The minimum atomic E-state index is -0.853. The number of benzene rings is 2. The Bertz CT molecular complexity index is 1040. The van der Waals surface area contributed by atoms with Crippen LogP contribution in [0, 0.1) is 0 Å². The number of anilines is 1. The third-order valence-corrected chi connectivity index (χ3v) is 4.38. The molecule has 0 bridgehead atoms. The molecule has 3 amide bonds. The quantitative estimate of drug-likeness (QED) is 0.651. The highest BCUT2D eigenvalue weighted by Gasteiger charge is 2.40. The van der Waals surface area contributed by atoms with Gasteiger partial charge in [0.15, 0.2) is 0 Å². The number of phenols is 1. The summed E-state index contributed by atoms with van der Waals surface area (Å²) in [5.74, 6) is 0.463. The maximum atomic E-state index is 12.7. The predicted molar refractivity (Wildman–Crippen MR) is 103 cm³/mol. The fourth-order valence-corrected chi connectivity index (χ4v) is 2.97. The van der Waals surface area contributed by atoms with Crippen molar-refractivity contribution in [2.24, 2.45) is 0 Å². The number of hydrogen-bond donors (Lipinski definition) is 2. The number of carbonyl (C=O) groups is 2. The van der Waals surface area contributed by atoms with E-state index in [4.69, 9.17) is 16.3 Å². The van der Waals surface area contributed by atoms with Crippen molar-refractivity contribution in [2.75, 3.05) is 4.90 Å². The van der Waals surface area contributed by atoms with Crippen molar-refractivity contribution in [1.29, 1.82) is 0 Å². The molecule has 2 heterocycles. The molecule has 0 saturated carbocycles. The number of amides is 3. The van der Waals surface area contributed by atoms with Crippen LogP contribution in [0.2, 0.25) is 5.02 Å². The Labute approximate surface area is 165 Å². The largest absolute Gasteiger partial charge is 0.508 e. The first-order valence-corrected chi connectivity index (χ1v) is 8.72. The lowest BCUT2D eigenvalue weighted by molar-refractivity contribution is -0.118. The number of ether oxygens (including phenoxy) is 1. The zero-order chi connectivity index (χ0) is 19.7. The van der Waals surface area contributed by atoms with Gasteiger partial charge in [0.25, 0.3) is 5.91 Å². The highest BCUT2D eigenvalue weighted by atomic mass is 35.5. The Morgan fingerprint density at radius 3 is 2.54 bits per heavy atom. The first kappa shape index (κ1) is 17.8. The number of nitrogens with one attached hydrogen (secondary N) is 1.